The van der Waals surface area contributed by atoms with E-state index in [-0.39, 0.29) is 11.2 Å². The van der Waals surface area contributed by atoms with Crippen LogP contribution in [-0.4, -0.2) is 25.9 Å². The van der Waals surface area contributed by atoms with Gasteiger partial charge in [0, 0.05) is 11.7 Å². The van der Waals surface area contributed by atoms with Gasteiger partial charge in [0.05, 0.1) is 5.25 Å². The lowest BCUT2D eigenvalue weighted by molar-refractivity contribution is -0.115. The molecule has 5 nitrogen and oxygen atoms in total. The summed E-state index contributed by atoms with van der Waals surface area (Å²) in [6.45, 7) is 8.15. The summed E-state index contributed by atoms with van der Waals surface area (Å²) >= 11 is 1.48. The maximum absolute atomic E-state index is 12.6. The van der Waals surface area contributed by atoms with Crippen molar-refractivity contribution in [1.29, 1.82) is 0 Å². The smallest absolute Gasteiger partial charge is 0.237 e. The number of amides is 1. The van der Waals surface area contributed by atoms with E-state index in [1.54, 1.807) is 0 Å². The minimum atomic E-state index is -0.230. The highest BCUT2D eigenvalue weighted by molar-refractivity contribution is 8.00. The summed E-state index contributed by atoms with van der Waals surface area (Å²) in [4.78, 5) is 12.6. The second-order valence-corrected chi connectivity index (χ2v) is 7.93. The molecule has 1 amide bonds. The van der Waals surface area contributed by atoms with Crippen LogP contribution in [0.2, 0.25) is 0 Å². The molecule has 1 atom stereocenters. The second kappa shape index (κ2) is 6.97. The Bertz CT molecular complexity index is 736. The Kier molecular flexibility index (Phi) is 4.94. The topological polar surface area (TPSA) is 59.8 Å². The third-order valence-electron chi connectivity index (χ3n) is 4.24. The molecule has 1 aliphatic carbocycles. The molecule has 1 aromatic heterocycles. The molecule has 3 rings (SSSR count). The first-order valence-corrected chi connectivity index (χ1v) is 9.33. The zero-order valence-corrected chi connectivity index (χ0v) is 15.4. The number of para-hydroxylation sites is 1. The molecule has 0 radical (unpaired) electrons. The Morgan fingerprint density at radius 1 is 1.25 bits per heavy atom. The quantitative estimate of drug-likeness (QED) is 0.799. The zero-order chi connectivity index (χ0) is 17.3. The molecule has 1 heterocycles. The number of carbonyl (C=O) groups is 1. The lowest BCUT2D eigenvalue weighted by Crippen LogP contribution is -2.23. The Labute approximate surface area is 147 Å². The van der Waals surface area contributed by atoms with Crippen LogP contribution in [0.1, 0.15) is 57.0 Å². The average molecular weight is 344 g/mol. The number of hydrogen-bond acceptors (Lipinski definition) is 4. The Balaban J connectivity index is 1.70. The summed E-state index contributed by atoms with van der Waals surface area (Å²) in [5, 5.41) is 12.1. The van der Waals surface area contributed by atoms with Gasteiger partial charge in [-0.2, -0.15) is 0 Å². The summed E-state index contributed by atoms with van der Waals surface area (Å²) < 4.78 is 2.16. The second-order valence-electron chi connectivity index (χ2n) is 6.62. The van der Waals surface area contributed by atoms with E-state index in [9.17, 15) is 4.79 Å². The summed E-state index contributed by atoms with van der Waals surface area (Å²) in [6.07, 6.45) is 2.35. The van der Waals surface area contributed by atoms with Gasteiger partial charge in [0.15, 0.2) is 5.16 Å². The summed E-state index contributed by atoms with van der Waals surface area (Å²) in [6, 6.07) is 8.49. The van der Waals surface area contributed by atoms with Crippen LogP contribution in [0.25, 0.3) is 0 Å². The minimum Gasteiger partial charge on any atom is -0.325 e. The van der Waals surface area contributed by atoms with Gasteiger partial charge in [-0.15, -0.1) is 10.2 Å². The highest BCUT2D eigenvalue weighted by Crippen LogP contribution is 2.39. The fourth-order valence-corrected chi connectivity index (χ4v) is 3.71. The number of anilines is 1. The largest absolute Gasteiger partial charge is 0.325 e. The van der Waals surface area contributed by atoms with Gasteiger partial charge >= 0.3 is 0 Å². The van der Waals surface area contributed by atoms with Gasteiger partial charge < -0.3 is 9.88 Å². The highest BCUT2D eigenvalue weighted by atomic mass is 32.2. The maximum atomic E-state index is 12.6. The predicted molar refractivity (Wildman–Crippen MR) is 97.5 cm³/mol. The molecule has 1 aliphatic rings. The number of hydrogen-bond donors (Lipinski definition) is 1. The van der Waals surface area contributed by atoms with Crippen molar-refractivity contribution in [2.24, 2.45) is 0 Å². The van der Waals surface area contributed by atoms with E-state index < -0.39 is 0 Å². The molecule has 0 unspecified atom stereocenters. The molecule has 128 valence electrons. The molecule has 6 heteroatoms. The van der Waals surface area contributed by atoms with Crippen LogP contribution in [0, 0.1) is 6.92 Å². The van der Waals surface area contributed by atoms with Crippen LogP contribution in [0.5, 0.6) is 0 Å². The Morgan fingerprint density at radius 3 is 2.62 bits per heavy atom. The van der Waals surface area contributed by atoms with E-state index in [1.807, 2.05) is 32.0 Å². The third-order valence-corrected chi connectivity index (χ3v) is 5.30. The fourth-order valence-electron chi connectivity index (χ4n) is 2.74. The van der Waals surface area contributed by atoms with E-state index in [2.05, 4.69) is 40.0 Å². The van der Waals surface area contributed by atoms with Crippen molar-refractivity contribution in [3.05, 3.63) is 35.7 Å². The highest BCUT2D eigenvalue weighted by Gasteiger charge is 2.30. The zero-order valence-electron chi connectivity index (χ0n) is 14.6. The normalized spacial score (nSPS) is 15.5. The molecule has 1 N–H and O–H groups in total. The molecule has 0 aliphatic heterocycles. The van der Waals surface area contributed by atoms with Crippen molar-refractivity contribution in [2.45, 2.75) is 62.9 Å². The van der Waals surface area contributed by atoms with Crippen molar-refractivity contribution < 1.29 is 4.79 Å². The third kappa shape index (κ3) is 3.64. The van der Waals surface area contributed by atoms with Crippen LogP contribution >= 0.6 is 11.8 Å². The molecule has 1 saturated carbocycles. The summed E-state index contributed by atoms with van der Waals surface area (Å²) in [7, 11) is 0. The average Bonchev–Trinajstić information content (AvgIpc) is 3.32. The van der Waals surface area contributed by atoms with Crippen molar-refractivity contribution in [2.75, 3.05) is 5.32 Å². The van der Waals surface area contributed by atoms with Crippen molar-refractivity contribution in [3.8, 4) is 0 Å². The van der Waals surface area contributed by atoms with E-state index in [1.165, 1.54) is 24.6 Å². The van der Waals surface area contributed by atoms with Crippen LogP contribution in [0.4, 0.5) is 5.69 Å². The van der Waals surface area contributed by atoms with Crippen LogP contribution in [0.3, 0.4) is 0 Å². The van der Waals surface area contributed by atoms with E-state index in [4.69, 9.17) is 0 Å². The van der Waals surface area contributed by atoms with Gasteiger partial charge in [-0.3, -0.25) is 4.79 Å². The van der Waals surface area contributed by atoms with Crippen molar-refractivity contribution in [1.82, 2.24) is 14.8 Å². The Morgan fingerprint density at radius 2 is 1.96 bits per heavy atom. The van der Waals surface area contributed by atoms with Crippen LogP contribution in [-0.2, 0) is 4.79 Å². The molecule has 2 aromatic rings. The molecule has 1 fully saturated rings. The van der Waals surface area contributed by atoms with Gasteiger partial charge in [-0.1, -0.05) is 43.8 Å². The predicted octanol–water partition coefficient (Wildman–Crippen LogP) is 4.16. The number of nitrogens with one attached hydrogen (secondary N) is 1. The SMILES string of the molecule is Cc1nnc(S[C@@H](C)C(=O)Nc2ccccc2C(C)C)n1C1CC1. The van der Waals surface area contributed by atoms with Crippen molar-refractivity contribution >= 4 is 23.4 Å². The monoisotopic (exact) mass is 344 g/mol. The first-order chi connectivity index (χ1) is 11.5. The van der Waals surface area contributed by atoms with Crippen molar-refractivity contribution in [3.63, 3.8) is 0 Å². The van der Waals surface area contributed by atoms with E-state index >= 15 is 0 Å². The number of aromatic nitrogens is 3. The number of benzene rings is 1. The minimum absolute atomic E-state index is 0.00361. The van der Waals surface area contributed by atoms with Crippen LogP contribution < -0.4 is 5.32 Å². The standard InChI is InChI=1S/C18H24N4OS/c1-11(2)15-7-5-6-8-16(15)19-17(23)12(3)24-18-21-20-13(4)22(18)14-9-10-14/h5-8,11-12,14H,9-10H2,1-4H3,(H,19,23)/t12-/m0/s1. The van der Waals surface area contributed by atoms with Gasteiger partial charge in [0.2, 0.25) is 5.91 Å². The number of rotatable bonds is 6. The molecule has 0 bridgehead atoms. The van der Waals surface area contributed by atoms with E-state index in [0.717, 1.165) is 22.2 Å². The van der Waals surface area contributed by atoms with Gasteiger partial charge in [-0.25, -0.2) is 0 Å². The maximum Gasteiger partial charge on any atom is 0.237 e. The lowest BCUT2D eigenvalue weighted by atomic mass is 10.0. The lowest BCUT2D eigenvalue weighted by Gasteiger charge is -2.16. The van der Waals surface area contributed by atoms with Gasteiger partial charge in [-0.05, 0) is 44.2 Å². The Hall–Kier alpha value is -1.82. The number of nitrogens with zero attached hydrogens (tertiary/aromatic N) is 3. The van der Waals surface area contributed by atoms with E-state index in [0.29, 0.717) is 12.0 Å². The number of aryl methyl sites for hydroxylation is 1. The molecule has 1 aromatic carbocycles. The first kappa shape index (κ1) is 17.0. The fraction of sp³-hybridized carbons (Fsp3) is 0.500. The molecular formula is C18H24N4OS. The van der Waals surface area contributed by atoms with Gasteiger partial charge in [0.1, 0.15) is 5.82 Å². The number of carbonyl (C=O) groups excluding carboxylic acids is 1. The van der Waals surface area contributed by atoms with Gasteiger partial charge in [0.25, 0.3) is 0 Å². The molecular weight excluding hydrogens is 320 g/mol. The van der Waals surface area contributed by atoms with Crippen LogP contribution in [0.15, 0.2) is 29.4 Å². The molecule has 24 heavy (non-hydrogen) atoms. The summed E-state index contributed by atoms with van der Waals surface area (Å²) in [5.41, 5.74) is 2.05. The first-order valence-electron chi connectivity index (χ1n) is 8.45. The molecule has 0 saturated heterocycles. The summed E-state index contributed by atoms with van der Waals surface area (Å²) in [5.74, 6) is 1.29. The molecule has 0 spiro atoms. The number of thioether (sulfide) groups is 1.